The van der Waals surface area contributed by atoms with E-state index in [-0.39, 0.29) is 18.1 Å². The molecule has 2 aliphatic heterocycles. The zero-order chi connectivity index (χ0) is 15.9. The summed E-state index contributed by atoms with van der Waals surface area (Å²) in [6, 6.07) is 6.84. The molecule has 22 heavy (non-hydrogen) atoms. The largest absolute Gasteiger partial charge is 0.481 e. The zero-order valence-electron chi connectivity index (χ0n) is 11.4. The first-order chi connectivity index (χ1) is 10.5. The quantitative estimate of drug-likeness (QED) is 0.811. The second-order valence-electron chi connectivity index (χ2n) is 5.04. The lowest BCUT2D eigenvalue weighted by molar-refractivity contribution is -0.141. The summed E-state index contributed by atoms with van der Waals surface area (Å²) in [6.07, 6.45) is -0.350. The number of nitrogens with zero attached hydrogens (tertiary/aromatic N) is 1. The molecule has 0 radical (unpaired) electrons. The van der Waals surface area contributed by atoms with Crippen LogP contribution in [0.1, 0.15) is 16.8 Å². The Kier molecular flexibility index (Phi) is 4.10. The molecule has 1 amide bonds. The molecule has 1 N–H and O–H groups in total. The standard InChI is InChI=1S/C15H12BrNO4S/c16-9-3-1-8(2-4-9)13(20)12-10(7-11(18)19)14(21)17-5-6-22-15(12)17/h1-4,10H,5-7H2,(H,18,19)/t10-/m0/s1. The van der Waals surface area contributed by atoms with Crippen LogP contribution in [0.2, 0.25) is 0 Å². The summed E-state index contributed by atoms with van der Waals surface area (Å²) in [7, 11) is 0. The third kappa shape index (κ3) is 2.59. The molecular formula is C15H12BrNO4S. The fraction of sp³-hybridized carbons (Fsp3) is 0.267. The molecule has 114 valence electrons. The fourth-order valence-electron chi connectivity index (χ4n) is 2.68. The summed E-state index contributed by atoms with van der Waals surface area (Å²) in [4.78, 5) is 37.7. The maximum atomic E-state index is 12.8. The van der Waals surface area contributed by atoms with E-state index >= 15 is 0 Å². The second-order valence-corrected chi connectivity index (χ2v) is 7.04. The maximum absolute atomic E-state index is 12.8. The van der Waals surface area contributed by atoms with Crippen LogP contribution in [-0.4, -0.2) is 40.0 Å². The molecule has 2 aliphatic rings. The summed E-state index contributed by atoms with van der Waals surface area (Å²) < 4.78 is 0.850. The Morgan fingerprint density at radius 1 is 1.32 bits per heavy atom. The van der Waals surface area contributed by atoms with E-state index in [0.717, 1.165) is 10.2 Å². The first kappa shape index (κ1) is 15.3. The van der Waals surface area contributed by atoms with E-state index in [2.05, 4.69) is 15.9 Å². The molecule has 0 spiro atoms. The van der Waals surface area contributed by atoms with Crippen molar-refractivity contribution in [2.75, 3.05) is 12.3 Å². The first-order valence-corrected chi connectivity index (χ1v) is 8.47. The van der Waals surface area contributed by atoms with Gasteiger partial charge in [-0.3, -0.25) is 14.4 Å². The lowest BCUT2D eigenvalue weighted by atomic mass is 9.91. The number of hydrogen-bond acceptors (Lipinski definition) is 4. The highest BCUT2D eigenvalue weighted by Gasteiger charge is 2.45. The van der Waals surface area contributed by atoms with Gasteiger partial charge in [-0.15, -0.1) is 11.8 Å². The highest BCUT2D eigenvalue weighted by Crippen LogP contribution is 2.43. The number of carboxylic acids is 1. The number of benzene rings is 1. The highest BCUT2D eigenvalue weighted by atomic mass is 79.9. The highest BCUT2D eigenvalue weighted by molar-refractivity contribution is 9.10. The van der Waals surface area contributed by atoms with Gasteiger partial charge < -0.3 is 10.0 Å². The van der Waals surface area contributed by atoms with E-state index in [9.17, 15) is 14.4 Å². The van der Waals surface area contributed by atoms with E-state index in [1.807, 2.05) is 0 Å². The van der Waals surface area contributed by atoms with Crippen LogP contribution in [0, 0.1) is 5.92 Å². The van der Waals surface area contributed by atoms with Crippen LogP contribution in [0.4, 0.5) is 0 Å². The summed E-state index contributed by atoms with van der Waals surface area (Å²) in [5, 5.41) is 9.67. The van der Waals surface area contributed by atoms with Crippen molar-refractivity contribution in [3.63, 3.8) is 0 Å². The van der Waals surface area contributed by atoms with Crippen LogP contribution in [0.15, 0.2) is 39.3 Å². The van der Waals surface area contributed by atoms with Gasteiger partial charge in [0.25, 0.3) is 0 Å². The first-order valence-electron chi connectivity index (χ1n) is 6.69. The van der Waals surface area contributed by atoms with Gasteiger partial charge in [0.05, 0.1) is 17.4 Å². The third-order valence-corrected chi connectivity index (χ3v) is 5.30. The molecule has 1 atom stereocenters. The normalized spacial score (nSPS) is 20.5. The number of carbonyl (C=O) groups excluding carboxylic acids is 2. The SMILES string of the molecule is O=C(O)C[C@@H]1C(=O)N2CCSC2=C1C(=O)c1ccc(Br)cc1. The number of ketones is 1. The zero-order valence-corrected chi connectivity index (χ0v) is 13.8. The molecule has 0 unspecified atom stereocenters. The Balaban J connectivity index is 2.02. The maximum Gasteiger partial charge on any atom is 0.304 e. The van der Waals surface area contributed by atoms with Gasteiger partial charge in [-0.25, -0.2) is 0 Å². The Morgan fingerprint density at radius 2 is 2.00 bits per heavy atom. The lowest BCUT2D eigenvalue weighted by Crippen LogP contribution is -2.29. The number of Topliss-reactive ketones (excluding diaryl/α,β-unsaturated/α-hetero) is 1. The lowest BCUT2D eigenvalue weighted by Gasteiger charge is -2.12. The van der Waals surface area contributed by atoms with Crippen LogP contribution in [-0.2, 0) is 9.59 Å². The number of rotatable bonds is 4. The average molecular weight is 382 g/mol. The molecule has 1 aromatic carbocycles. The molecule has 1 aromatic rings. The molecule has 5 nitrogen and oxygen atoms in total. The van der Waals surface area contributed by atoms with E-state index in [4.69, 9.17) is 5.11 Å². The Hall–Kier alpha value is -1.60. The van der Waals surface area contributed by atoms with E-state index in [1.165, 1.54) is 11.8 Å². The Bertz CT molecular complexity index is 698. The van der Waals surface area contributed by atoms with Crippen LogP contribution in [0.5, 0.6) is 0 Å². The average Bonchev–Trinajstić information content (AvgIpc) is 3.03. The smallest absolute Gasteiger partial charge is 0.304 e. The van der Waals surface area contributed by atoms with Crippen molar-refractivity contribution >= 4 is 45.4 Å². The van der Waals surface area contributed by atoms with Crippen molar-refractivity contribution in [3.05, 3.63) is 44.9 Å². The van der Waals surface area contributed by atoms with Crippen LogP contribution < -0.4 is 0 Å². The van der Waals surface area contributed by atoms with E-state index in [1.54, 1.807) is 29.2 Å². The molecular weight excluding hydrogens is 370 g/mol. The molecule has 0 bridgehead atoms. The fourth-order valence-corrected chi connectivity index (χ4v) is 4.14. The molecule has 0 aromatic heterocycles. The van der Waals surface area contributed by atoms with Crippen molar-refractivity contribution in [3.8, 4) is 0 Å². The monoisotopic (exact) mass is 381 g/mol. The predicted octanol–water partition coefficient (Wildman–Crippen LogP) is 2.52. The summed E-state index contributed by atoms with van der Waals surface area (Å²) >= 11 is 4.75. The number of carboxylic acid groups (broad SMARTS) is 1. The van der Waals surface area contributed by atoms with Crippen molar-refractivity contribution in [1.82, 2.24) is 4.90 Å². The van der Waals surface area contributed by atoms with Gasteiger partial charge in [0.15, 0.2) is 5.78 Å². The molecule has 3 rings (SSSR count). The topological polar surface area (TPSA) is 74.7 Å². The molecule has 1 saturated heterocycles. The van der Waals surface area contributed by atoms with Crippen LogP contribution in [0.25, 0.3) is 0 Å². The molecule has 0 saturated carbocycles. The van der Waals surface area contributed by atoms with Gasteiger partial charge in [0.2, 0.25) is 5.91 Å². The van der Waals surface area contributed by atoms with Crippen LogP contribution in [0.3, 0.4) is 0 Å². The summed E-state index contributed by atoms with van der Waals surface area (Å²) in [6.45, 7) is 0.534. The van der Waals surface area contributed by atoms with Crippen molar-refractivity contribution in [1.29, 1.82) is 0 Å². The number of fused-ring (bicyclic) bond motifs is 1. The van der Waals surface area contributed by atoms with Gasteiger partial charge in [-0.2, -0.15) is 0 Å². The van der Waals surface area contributed by atoms with Gasteiger partial charge in [0.1, 0.15) is 0 Å². The predicted molar refractivity (Wildman–Crippen MR) is 85.4 cm³/mol. The van der Waals surface area contributed by atoms with Gasteiger partial charge >= 0.3 is 5.97 Å². The third-order valence-electron chi connectivity index (χ3n) is 3.67. The summed E-state index contributed by atoms with van der Waals surface area (Å²) in [5.74, 6) is -1.76. The number of carbonyl (C=O) groups is 3. The van der Waals surface area contributed by atoms with Crippen molar-refractivity contribution in [2.45, 2.75) is 6.42 Å². The Labute approximate surface area is 139 Å². The second kappa shape index (κ2) is 5.89. The molecule has 0 aliphatic carbocycles. The van der Waals surface area contributed by atoms with Crippen molar-refractivity contribution in [2.24, 2.45) is 5.92 Å². The number of halogens is 1. The van der Waals surface area contributed by atoms with Gasteiger partial charge in [-0.1, -0.05) is 15.9 Å². The minimum Gasteiger partial charge on any atom is -0.481 e. The van der Waals surface area contributed by atoms with Crippen molar-refractivity contribution < 1.29 is 19.5 Å². The van der Waals surface area contributed by atoms with Crippen LogP contribution >= 0.6 is 27.7 Å². The number of aliphatic carboxylic acids is 1. The molecule has 1 fully saturated rings. The number of thioether (sulfide) groups is 1. The molecule has 2 heterocycles. The Morgan fingerprint density at radius 3 is 2.64 bits per heavy atom. The number of amides is 1. The van der Waals surface area contributed by atoms with Gasteiger partial charge in [-0.05, 0) is 24.3 Å². The van der Waals surface area contributed by atoms with E-state index in [0.29, 0.717) is 22.7 Å². The minimum atomic E-state index is -1.08. The van der Waals surface area contributed by atoms with Gasteiger partial charge in [0, 0.05) is 27.9 Å². The minimum absolute atomic E-state index is 0.265. The van der Waals surface area contributed by atoms with E-state index < -0.39 is 11.9 Å². The number of hydrogen-bond donors (Lipinski definition) is 1. The summed E-state index contributed by atoms with van der Waals surface area (Å²) in [5.41, 5.74) is 0.792. The molecule has 7 heteroatoms.